The monoisotopic (exact) mass is 379 g/mol. The van der Waals surface area contributed by atoms with Gasteiger partial charge in [0.1, 0.15) is 5.39 Å². The zero-order valence-electron chi connectivity index (χ0n) is 15.3. The van der Waals surface area contributed by atoms with Crippen LogP contribution in [0.2, 0.25) is 0 Å². The smallest absolute Gasteiger partial charge is 0.349 e. The first kappa shape index (κ1) is 18.9. The summed E-state index contributed by atoms with van der Waals surface area (Å²) < 4.78 is 39.7. The number of hydrogen-bond acceptors (Lipinski definition) is 4. The van der Waals surface area contributed by atoms with Crippen molar-refractivity contribution in [2.75, 3.05) is 5.32 Å². The molecule has 1 unspecified atom stereocenters. The number of nitrogens with zero attached hydrogens (tertiary/aromatic N) is 3. The van der Waals surface area contributed by atoms with E-state index in [0.717, 1.165) is 12.1 Å². The van der Waals surface area contributed by atoms with Crippen molar-refractivity contribution in [1.82, 2.24) is 19.7 Å². The molecule has 9 heteroatoms. The number of H-pyrrole nitrogens is 1. The summed E-state index contributed by atoms with van der Waals surface area (Å²) >= 11 is 0. The Kier molecular flexibility index (Phi) is 4.49. The number of hydrogen-bond donors (Lipinski definition) is 2. The van der Waals surface area contributed by atoms with Gasteiger partial charge in [0.15, 0.2) is 5.65 Å². The van der Waals surface area contributed by atoms with E-state index in [0.29, 0.717) is 16.6 Å². The molecule has 0 aliphatic carbocycles. The summed E-state index contributed by atoms with van der Waals surface area (Å²) in [4.78, 5) is 19.4. The molecule has 0 aliphatic rings. The molecular weight excluding hydrogens is 359 g/mol. The highest BCUT2D eigenvalue weighted by Crippen LogP contribution is 2.30. The van der Waals surface area contributed by atoms with E-state index in [2.05, 4.69) is 20.4 Å². The number of nitrogens with one attached hydrogen (secondary N) is 2. The number of alkyl halides is 3. The minimum atomic E-state index is -4.38. The number of fused-ring (bicyclic) bond motifs is 1. The number of benzene rings is 1. The van der Waals surface area contributed by atoms with E-state index in [1.165, 1.54) is 18.3 Å². The van der Waals surface area contributed by atoms with Crippen molar-refractivity contribution in [2.45, 2.75) is 45.5 Å². The number of aromatic amines is 1. The Morgan fingerprint density at radius 1 is 1.15 bits per heavy atom. The highest BCUT2D eigenvalue weighted by molar-refractivity contribution is 5.74. The minimum Gasteiger partial charge on any atom is -0.349 e. The van der Waals surface area contributed by atoms with Gasteiger partial charge in [-0.2, -0.15) is 23.3 Å². The zero-order valence-corrected chi connectivity index (χ0v) is 15.3. The number of halogens is 3. The number of anilines is 1. The van der Waals surface area contributed by atoms with Gasteiger partial charge in [-0.05, 0) is 45.4 Å². The quantitative estimate of drug-likeness (QED) is 0.719. The van der Waals surface area contributed by atoms with Gasteiger partial charge in [0.25, 0.3) is 5.56 Å². The van der Waals surface area contributed by atoms with Crippen molar-refractivity contribution in [3.63, 3.8) is 0 Å². The fraction of sp³-hybridized carbons (Fsp3) is 0.389. The van der Waals surface area contributed by atoms with Gasteiger partial charge in [-0.1, -0.05) is 12.1 Å². The van der Waals surface area contributed by atoms with Crippen molar-refractivity contribution in [2.24, 2.45) is 0 Å². The van der Waals surface area contributed by atoms with Crippen molar-refractivity contribution < 1.29 is 13.2 Å². The van der Waals surface area contributed by atoms with Crippen LogP contribution < -0.4 is 10.9 Å². The molecule has 2 N–H and O–H groups in total. The van der Waals surface area contributed by atoms with E-state index in [-0.39, 0.29) is 23.1 Å². The van der Waals surface area contributed by atoms with Crippen molar-refractivity contribution in [1.29, 1.82) is 0 Å². The summed E-state index contributed by atoms with van der Waals surface area (Å²) in [7, 11) is 0. The van der Waals surface area contributed by atoms with Crippen LogP contribution in [-0.2, 0) is 11.7 Å². The van der Waals surface area contributed by atoms with E-state index in [1.54, 1.807) is 11.6 Å². The largest absolute Gasteiger partial charge is 0.416 e. The molecule has 6 nitrogen and oxygen atoms in total. The molecule has 1 atom stereocenters. The second-order valence-corrected chi connectivity index (χ2v) is 7.36. The molecule has 0 saturated carbocycles. The maximum absolute atomic E-state index is 12.7. The normalized spacial score (nSPS) is 13.7. The lowest BCUT2D eigenvalue weighted by molar-refractivity contribution is -0.137. The first-order chi connectivity index (χ1) is 12.5. The number of aromatic nitrogens is 4. The van der Waals surface area contributed by atoms with Crippen LogP contribution in [0.4, 0.5) is 19.1 Å². The lowest BCUT2D eigenvalue weighted by atomic mass is 10.1. The van der Waals surface area contributed by atoms with Gasteiger partial charge in [0, 0.05) is 0 Å². The molecule has 0 bridgehead atoms. The second kappa shape index (κ2) is 6.40. The fourth-order valence-corrected chi connectivity index (χ4v) is 2.73. The van der Waals surface area contributed by atoms with Crippen LogP contribution in [0.15, 0.2) is 35.3 Å². The Morgan fingerprint density at radius 3 is 2.33 bits per heavy atom. The Morgan fingerprint density at radius 2 is 1.78 bits per heavy atom. The van der Waals surface area contributed by atoms with Crippen molar-refractivity contribution in [3.05, 3.63) is 51.9 Å². The van der Waals surface area contributed by atoms with E-state index in [4.69, 9.17) is 0 Å². The van der Waals surface area contributed by atoms with E-state index < -0.39 is 11.7 Å². The first-order valence-corrected chi connectivity index (χ1v) is 8.39. The Balaban J connectivity index is 1.91. The molecule has 27 heavy (non-hydrogen) atoms. The molecule has 0 spiro atoms. The van der Waals surface area contributed by atoms with Gasteiger partial charge in [-0.15, -0.1) is 0 Å². The molecule has 0 saturated heterocycles. The average molecular weight is 379 g/mol. The molecule has 0 radical (unpaired) electrons. The van der Waals surface area contributed by atoms with Crippen molar-refractivity contribution in [3.8, 4) is 0 Å². The highest BCUT2D eigenvalue weighted by Gasteiger charge is 2.30. The molecule has 3 aromatic rings. The third-order valence-corrected chi connectivity index (χ3v) is 4.16. The SMILES string of the molecule is CC(Nc1nc2c(cnn2C(C)(C)C)c(=O)[nH]1)c1ccc(C(F)(F)F)cc1. The van der Waals surface area contributed by atoms with Crippen molar-refractivity contribution >= 4 is 17.0 Å². The summed E-state index contributed by atoms with van der Waals surface area (Å²) in [5, 5.41) is 7.64. The Labute approximate surface area is 153 Å². The summed E-state index contributed by atoms with van der Waals surface area (Å²) in [6, 6.07) is 4.50. The Hall–Kier alpha value is -2.84. The number of rotatable bonds is 3. The Bertz CT molecular complexity index is 1010. The van der Waals surface area contributed by atoms with Gasteiger partial charge in [0.05, 0.1) is 23.3 Å². The van der Waals surface area contributed by atoms with E-state index >= 15 is 0 Å². The molecule has 144 valence electrons. The van der Waals surface area contributed by atoms with Gasteiger partial charge < -0.3 is 5.32 Å². The maximum Gasteiger partial charge on any atom is 0.416 e. The molecular formula is C18H20F3N5O. The van der Waals surface area contributed by atoms with Gasteiger partial charge in [-0.25, -0.2) is 4.68 Å². The lowest BCUT2D eigenvalue weighted by Gasteiger charge is -2.20. The van der Waals surface area contributed by atoms with Gasteiger partial charge >= 0.3 is 6.18 Å². The highest BCUT2D eigenvalue weighted by atomic mass is 19.4. The molecule has 0 amide bonds. The van der Waals surface area contributed by atoms with Crippen LogP contribution in [0.1, 0.15) is 44.9 Å². The standard InChI is InChI=1S/C18H20F3N5O/c1-10(11-5-7-12(8-6-11)18(19,20)21)23-16-24-14-13(15(27)25-16)9-22-26(14)17(2,3)4/h5-10H,1-4H3,(H2,23,24,25,27). The summed E-state index contributed by atoms with van der Waals surface area (Å²) in [5.74, 6) is 0.228. The first-order valence-electron chi connectivity index (χ1n) is 8.39. The summed E-state index contributed by atoms with van der Waals surface area (Å²) in [6.07, 6.45) is -2.91. The van der Waals surface area contributed by atoms with E-state index in [9.17, 15) is 18.0 Å². The predicted molar refractivity (Wildman–Crippen MR) is 96.6 cm³/mol. The fourth-order valence-electron chi connectivity index (χ4n) is 2.73. The van der Waals surface area contributed by atoms with Crippen LogP contribution in [0, 0.1) is 0 Å². The van der Waals surface area contributed by atoms with Gasteiger partial charge in [0.2, 0.25) is 5.95 Å². The maximum atomic E-state index is 12.7. The molecule has 1 aromatic carbocycles. The third kappa shape index (κ3) is 3.81. The predicted octanol–water partition coefficient (Wildman–Crippen LogP) is 4.07. The van der Waals surface area contributed by atoms with Crippen LogP contribution in [0.5, 0.6) is 0 Å². The minimum absolute atomic E-state index is 0.228. The molecule has 0 aliphatic heterocycles. The van der Waals surface area contributed by atoms with Crippen LogP contribution in [-0.4, -0.2) is 19.7 Å². The van der Waals surface area contributed by atoms with Crippen LogP contribution >= 0.6 is 0 Å². The zero-order chi connectivity index (χ0) is 20.0. The van der Waals surface area contributed by atoms with E-state index in [1.807, 2.05) is 20.8 Å². The molecule has 0 fully saturated rings. The lowest BCUT2D eigenvalue weighted by Crippen LogP contribution is -2.24. The third-order valence-electron chi connectivity index (χ3n) is 4.16. The summed E-state index contributed by atoms with van der Waals surface area (Å²) in [5.41, 5.74) is -0.333. The topological polar surface area (TPSA) is 75.6 Å². The van der Waals surface area contributed by atoms with Crippen LogP contribution in [0.3, 0.4) is 0 Å². The van der Waals surface area contributed by atoms with Crippen LogP contribution in [0.25, 0.3) is 11.0 Å². The molecule has 2 heterocycles. The summed E-state index contributed by atoms with van der Waals surface area (Å²) in [6.45, 7) is 7.61. The van der Waals surface area contributed by atoms with Gasteiger partial charge in [-0.3, -0.25) is 9.78 Å². The molecule has 3 rings (SSSR count). The molecule has 2 aromatic heterocycles. The second-order valence-electron chi connectivity index (χ2n) is 7.36. The average Bonchev–Trinajstić information content (AvgIpc) is 2.99.